The van der Waals surface area contributed by atoms with E-state index in [1.165, 1.54) is 12.8 Å². The van der Waals surface area contributed by atoms with Gasteiger partial charge in [0.25, 0.3) is 0 Å². The van der Waals surface area contributed by atoms with Gasteiger partial charge in [0.2, 0.25) is 5.91 Å². The molecule has 0 bridgehead atoms. The van der Waals surface area contributed by atoms with Crippen molar-refractivity contribution in [3.05, 3.63) is 35.4 Å². The average molecular weight is 279 g/mol. The molecule has 0 aromatic heterocycles. The molecule has 1 aromatic carbocycles. The van der Waals surface area contributed by atoms with Crippen molar-refractivity contribution in [1.82, 2.24) is 0 Å². The van der Waals surface area contributed by atoms with Crippen LogP contribution in [0.15, 0.2) is 24.3 Å². The minimum Gasteiger partial charge on any atom is -0.393 e. The highest BCUT2D eigenvalue weighted by Gasteiger charge is 2.15. The van der Waals surface area contributed by atoms with Gasteiger partial charge in [-0.2, -0.15) is 0 Å². The zero-order valence-electron chi connectivity index (χ0n) is 13.2. The summed E-state index contributed by atoms with van der Waals surface area (Å²) in [6, 6.07) is 7.26. The van der Waals surface area contributed by atoms with Crippen LogP contribution < -0.4 is 5.73 Å². The molecule has 1 saturated carbocycles. The van der Waals surface area contributed by atoms with Gasteiger partial charge in [0.05, 0.1) is 6.10 Å². The van der Waals surface area contributed by atoms with E-state index in [4.69, 9.17) is 10.8 Å². The van der Waals surface area contributed by atoms with Gasteiger partial charge in [-0.3, -0.25) is 4.79 Å². The Morgan fingerprint density at radius 3 is 2.20 bits per heavy atom. The Labute approximate surface area is 123 Å². The molecule has 1 aromatic rings. The highest BCUT2D eigenvalue weighted by atomic mass is 16.3. The third kappa shape index (κ3) is 7.29. The van der Waals surface area contributed by atoms with Gasteiger partial charge in [-0.15, -0.1) is 0 Å². The molecule has 1 aliphatic carbocycles. The number of nitrogens with two attached hydrogens (primary N) is 1. The second-order valence-electron chi connectivity index (χ2n) is 5.10. The van der Waals surface area contributed by atoms with Crippen LogP contribution in [0.25, 0.3) is 0 Å². The lowest BCUT2D eigenvalue weighted by Crippen LogP contribution is -2.16. The summed E-state index contributed by atoms with van der Waals surface area (Å²) in [5.74, 6) is 0.400. The van der Waals surface area contributed by atoms with Crippen molar-refractivity contribution in [2.45, 2.75) is 59.5 Å². The highest BCUT2D eigenvalue weighted by Crippen LogP contribution is 2.22. The van der Waals surface area contributed by atoms with Crippen molar-refractivity contribution in [1.29, 1.82) is 0 Å². The predicted molar refractivity (Wildman–Crippen MR) is 84.7 cm³/mol. The first kappa shape index (κ1) is 18.7. The predicted octanol–water partition coefficient (Wildman–Crippen LogP) is 3.68. The fraction of sp³-hybridized carbons (Fsp3) is 0.588. The smallest absolute Gasteiger partial charge is 0.248 e. The van der Waals surface area contributed by atoms with Crippen LogP contribution in [-0.2, 0) is 0 Å². The molecule has 114 valence electrons. The lowest BCUT2D eigenvalue weighted by molar-refractivity contribution is 0.0999. The van der Waals surface area contributed by atoms with Gasteiger partial charge in [0.15, 0.2) is 0 Å². The van der Waals surface area contributed by atoms with E-state index in [1.807, 2.05) is 32.9 Å². The Bertz CT molecular complexity index is 382. The van der Waals surface area contributed by atoms with Crippen LogP contribution in [0.1, 0.15) is 62.4 Å². The molecular formula is C17H29NO2. The van der Waals surface area contributed by atoms with E-state index in [1.54, 1.807) is 12.1 Å². The summed E-state index contributed by atoms with van der Waals surface area (Å²) < 4.78 is 0. The molecule has 0 aliphatic heterocycles. The quantitative estimate of drug-likeness (QED) is 0.823. The zero-order chi connectivity index (χ0) is 15.5. The van der Waals surface area contributed by atoms with E-state index in [-0.39, 0.29) is 12.0 Å². The number of rotatable bonds is 1. The van der Waals surface area contributed by atoms with Crippen molar-refractivity contribution in [3.8, 4) is 0 Å². The highest BCUT2D eigenvalue weighted by molar-refractivity contribution is 5.94. The number of hydrogen-bond acceptors (Lipinski definition) is 2. The van der Waals surface area contributed by atoms with Gasteiger partial charge in [-0.05, 0) is 37.3 Å². The Balaban J connectivity index is 0.000000327. The first-order chi connectivity index (χ1) is 9.50. The van der Waals surface area contributed by atoms with Crippen molar-refractivity contribution in [2.75, 3.05) is 0 Å². The molecule has 1 aliphatic rings. The summed E-state index contributed by atoms with van der Waals surface area (Å²) in [5, 5.41) is 9.08. The summed E-state index contributed by atoms with van der Waals surface area (Å²) in [6.07, 6.45) is 4.61. The number of primary amides is 1. The maximum atomic E-state index is 10.6. The van der Waals surface area contributed by atoms with Crippen molar-refractivity contribution in [3.63, 3.8) is 0 Å². The number of benzene rings is 1. The third-order valence-electron chi connectivity index (χ3n) is 3.32. The second kappa shape index (κ2) is 10.4. The molecule has 3 N–H and O–H groups in total. The van der Waals surface area contributed by atoms with E-state index >= 15 is 0 Å². The minimum atomic E-state index is -0.363. The molecule has 0 heterocycles. The van der Waals surface area contributed by atoms with Gasteiger partial charge in [0, 0.05) is 5.56 Å². The fourth-order valence-electron chi connectivity index (χ4n) is 2.25. The Kier molecular flexibility index (Phi) is 9.73. The van der Waals surface area contributed by atoms with Gasteiger partial charge < -0.3 is 10.8 Å². The summed E-state index contributed by atoms with van der Waals surface area (Å²) in [5.41, 5.74) is 6.60. The minimum absolute atomic E-state index is 0.0127. The molecule has 3 heteroatoms. The van der Waals surface area contributed by atoms with Crippen molar-refractivity contribution >= 4 is 5.91 Å². The van der Waals surface area contributed by atoms with E-state index in [2.05, 4.69) is 6.92 Å². The SMILES string of the molecule is CC.CC1CCCC(O)C1.Cc1ccccc1C(N)=O. The molecular weight excluding hydrogens is 250 g/mol. The monoisotopic (exact) mass is 279 g/mol. The first-order valence-electron chi connectivity index (χ1n) is 7.54. The molecule has 2 unspecified atom stereocenters. The van der Waals surface area contributed by atoms with E-state index in [9.17, 15) is 4.79 Å². The Hall–Kier alpha value is -1.35. The molecule has 3 nitrogen and oxygen atoms in total. The number of carbonyl (C=O) groups is 1. The van der Waals surface area contributed by atoms with E-state index in [0.29, 0.717) is 5.56 Å². The van der Waals surface area contributed by atoms with Crippen LogP contribution in [0.4, 0.5) is 0 Å². The van der Waals surface area contributed by atoms with Crippen LogP contribution in [0.2, 0.25) is 0 Å². The second-order valence-corrected chi connectivity index (χ2v) is 5.10. The molecule has 1 amide bonds. The van der Waals surface area contributed by atoms with Crippen LogP contribution in [0, 0.1) is 12.8 Å². The number of amides is 1. The van der Waals surface area contributed by atoms with Gasteiger partial charge >= 0.3 is 0 Å². The van der Waals surface area contributed by atoms with Crippen LogP contribution in [0.3, 0.4) is 0 Å². The lowest BCUT2D eigenvalue weighted by Gasteiger charge is -2.21. The maximum Gasteiger partial charge on any atom is 0.248 e. The lowest BCUT2D eigenvalue weighted by atomic mass is 9.89. The summed E-state index contributed by atoms with van der Waals surface area (Å²) in [4.78, 5) is 10.6. The van der Waals surface area contributed by atoms with Gasteiger partial charge in [-0.25, -0.2) is 0 Å². The average Bonchev–Trinajstić information content (AvgIpc) is 2.41. The normalized spacial score (nSPS) is 20.9. The van der Waals surface area contributed by atoms with Crippen LogP contribution >= 0.6 is 0 Å². The molecule has 0 saturated heterocycles. The van der Waals surface area contributed by atoms with Crippen LogP contribution in [0.5, 0.6) is 0 Å². The maximum absolute atomic E-state index is 10.6. The standard InChI is InChI=1S/C8H9NO.C7H14O.C2H6/c1-6-4-2-3-5-7(6)8(9)10;1-6-3-2-4-7(8)5-6;1-2/h2-5H,1H3,(H2,9,10);6-8H,2-5H2,1H3;1-2H3. The summed E-state index contributed by atoms with van der Waals surface area (Å²) in [7, 11) is 0. The number of carbonyl (C=O) groups excluding carboxylic acids is 1. The molecule has 1 fully saturated rings. The summed E-state index contributed by atoms with van der Waals surface area (Å²) >= 11 is 0. The number of hydrogen-bond donors (Lipinski definition) is 2. The molecule has 2 rings (SSSR count). The third-order valence-corrected chi connectivity index (χ3v) is 3.32. The number of aliphatic hydroxyl groups is 1. The molecule has 2 atom stereocenters. The fourth-order valence-corrected chi connectivity index (χ4v) is 2.25. The van der Waals surface area contributed by atoms with Gasteiger partial charge in [-0.1, -0.05) is 51.8 Å². The van der Waals surface area contributed by atoms with Crippen LogP contribution in [-0.4, -0.2) is 17.1 Å². The van der Waals surface area contributed by atoms with Gasteiger partial charge in [0.1, 0.15) is 0 Å². The van der Waals surface area contributed by atoms with E-state index < -0.39 is 0 Å². The largest absolute Gasteiger partial charge is 0.393 e. The van der Waals surface area contributed by atoms with Crippen molar-refractivity contribution < 1.29 is 9.90 Å². The van der Waals surface area contributed by atoms with E-state index in [0.717, 1.165) is 24.3 Å². The molecule has 0 spiro atoms. The topological polar surface area (TPSA) is 63.3 Å². The Morgan fingerprint density at radius 2 is 1.85 bits per heavy atom. The number of aryl methyl sites for hydroxylation is 1. The van der Waals surface area contributed by atoms with Crippen molar-refractivity contribution in [2.24, 2.45) is 11.7 Å². The Morgan fingerprint density at radius 1 is 1.25 bits per heavy atom. The molecule has 0 radical (unpaired) electrons. The molecule has 20 heavy (non-hydrogen) atoms. The first-order valence-corrected chi connectivity index (χ1v) is 7.54. The zero-order valence-corrected chi connectivity index (χ0v) is 13.2. The number of aliphatic hydroxyl groups excluding tert-OH is 1. The summed E-state index contributed by atoms with van der Waals surface area (Å²) in [6.45, 7) is 8.07.